The number of hydrogen-bond donors (Lipinski definition) is 0. The molecule has 0 amide bonds. The molecule has 0 spiro atoms. The van der Waals surface area contributed by atoms with Gasteiger partial charge in [0.05, 0.1) is 25.8 Å². The van der Waals surface area contributed by atoms with E-state index in [1.165, 1.54) is 0 Å². The number of rotatable bonds is 6. The van der Waals surface area contributed by atoms with Gasteiger partial charge in [-0.2, -0.15) is 0 Å². The maximum Gasteiger partial charge on any atom is 0.0834 e. The lowest BCUT2D eigenvalue weighted by atomic mass is 10.1. The highest BCUT2D eigenvalue weighted by Crippen LogP contribution is 2.46. The molecule has 0 aliphatic heterocycles. The normalized spacial score (nSPS) is 10.5. The predicted octanol–water partition coefficient (Wildman–Crippen LogP) is 14.5. The Bertz CT molecular complexity index is 1720. The van der Waals surface area contributed by atoms with Crippen molar-refractivity contribution < 1.29 is 0 Å². The van der Waals surface area contributed by atoms with Gasteiger partial charge in [-0.1, -0.05) is 135 Å². The van der Waals surface area contributed by atoms with Crippen LogP contribution in [0.25, 0.3) is 0 Å². The van der Waals surface area contributed by atoms with Crippen molar-refractivity contribution in [1.82, 2.24) is 0 Å². The molecule has 0 N–H and O–H groups in total. The van der Waals surface area contributed by atoms with Gasteiger partial charge in [0, 0.05) is 37.4 Å². The van der Waals surface area contributed by atoms with E-state index in [0.717, 1.165) is 43.1 Å². The predicted molar refractivity (Wildman–Crippen MR) is 198 cm³/mol. The molecule has 0 saturated carbocycles. The van der Waals surface area contributed by atoms with Crippen LogP contribution in [0.4, 0.5) is 34.1 Å². The lowest BCUT2D eigenvalue weighted by Gasteiger charge is -2.30. The van der Waals surface area contributed by atoms with Crippen LogP contribution in [0.3, 0.4) is 0 Å². The highest BCUT2D eigenvalue weighted by Gasteiger charge is 2.21. The van der Waals surface area contributed by atoms with Crippen molar-refractivity contribution in [3.8, 4) is 0 Å². The molecule has 2 nitrogen and oxygen atoms in total. The van der Waals surface area contributed by atoms with Crippen molar-refractivity contribution in [3.63, 3.8) is 0 Å². The van der Waals surface area contributed by atoms with Gasteiger partial charge in [-0.3, -0.25) is 0 Å². The smallest absolute Gasteiger partial charge is 0.0834 e. The Kier molecular flexibility index (Phi) is 11.3. The van der Waals surface area contributed by atoms with Crippen molar-refractivity contribution in [3.05, 3.63) is 175 Å². The van der Waals surface area contributed by atoms with Gasteiger partial charge in [0.15, 0.2) is 0 Å². The molecule has 0 unspecified atom stereocenters. The molecule has 6 aromatic carbocycles. The van der Waals surface area contributed by atoms with E-state index in [1.807, 2.05) is 84.9 Å². The van der Waals surface area contributed by atoms with Crippen LogP contribution in [-0.2, 0) is 0 Å². The van der Waals surface area contributed by atoms with E-state index in [9.17, 15) is 0 Å². The molecule has 0 atom stereocenters. The molecule has 0 saturated heterocycles. The van der Waals surface area contributed by atoms with Crippen LogP contribution < -0.4 is 9.80 Å². The van der Waals surface area contributed by atoms with Crippen molar-refractivity contribution in [2.45, 2.75) is 0 Å². The van der Waals surface area contributed by atoms with Gasteiger partial charge in [0.25, 0.3) is 0 Å². The fourth-order valence-corrected chi connectivity index (χ4v) is 6.76. The lowest BCUT2D eigenvalue weighted by molar-refractivity contribution is 1.25. The van der Waals surface area contributed by atoms with Crippen molar-refractivity contribution in [1.29, 1.82) is 0 Å². The minimum atomic E-state index is 0.489. The molecular formula is C36H24Br2Cl4N2. The SMILES string of the molecule is Clc1cc(Br)cc(Br)c1Cl.Clc1cc(N(c2ccccc2)c2ccccc2)cc(N(c2ccccc2)c2ccccc2)c1Cl. The maximum atomic E-state index is 6.86. The van der Waals surface area contributed by atoms with E-state index in [-0.39, 0.29) is 0 Å². The number of anilines is 6. The van der Waals surface area contributed by atoms with Crippen LogP contribution in [0.15, 0.2) is 155 Å². The highest BCUT2D eigenvalue weighted by atomic mass is 79.9. The number of benzene rings is 6. The molecule has 220 valence electrons. The summed E-state index contributed by atoms with van der Waals surface area (Å²) < 4.78 is 1.71. The summed E-state index contributed by atoms with van der Waals surface area (Å²) in [6.45, 7) is 0. The molecule has 0 radical (unpaired) electrons. The quantitative estimate of drug-likeness (QED) is 0.123. The topological polar surface area (TPSA) is 6.48 Å². The van der Waals surface area contributed by atoms with Crippen LogP contribution in [0.2, 0.25) is 20.1 Å². The minimum absolute atomic E-state index is 0.489. The Labute approximate surface area is 294 Å². The summed E-state index contributed by atoms with van der Waals surface area (Å²) >= 11 is 31.6. The largest absolute Gasteiger partial charge is 0.310 e. The number of halogens is 6. The molecular weight excluding hydrogens is 762 g/mol. The third-order valence-electron chi connectivity index (χ3n) is 6.50. The first-order chi connectivity index (χ1) is 21.3. The van der Waals surface area contributed by atoms with Crippen LogP contribution in [0, 0.1) is 0 Å². The van der Waals surface area contributed by atoms with Crippen molar-refractivity contribution in [2.24, 2.45) is 0 Å². The van der Waals surface area contributed by atoms with Crippen LogP contribution >= 0.6 is 78.3 Å². The monoisotopic (exact) mass is 782 g/mol. The van der Waals surface area contributed by atoms with E-state index in [1.54, 1.807) is 6.07 Å². The van der Waals surface area contributed by atoms with E-state index in [4.69, 9.17) is 46.4 Å². The summed E-state index contributed by atoms with van der Waals surface area (Å²) in [6, 6.07) is 48.4. The molecule has 0 bridgehead atoms. The summed E-state index contributed by atoms with van der Waals surface area (Å²) in [5, 5.41) is 2.08. The van der Waals surface area contributed by atoms with Crippen LogP contribution in [-0.4, -0.2) is 0 Å². The Morgan fingerprint density at radius 2 is 0.773 bits per heavy atom. The fraction of sp³-hybridized carbons (Fsp3) is 0. The Balaban J connectivity index is 0.000000328. The Morgan fingerprint density at radius 1 is 0.386 bits per heavy atom. The lowest BCUT2D eigenvalue weighted by Crippen LogP contribution is -2.13. The maximum absolute atomic E-state index is 6.86. The van der Waals surface area contributed by atoms with Gasteiger partial charge >= 0.3 is 0 Å². The van der Waals surface area contributed by atoms with Gasteiger partial charge in [-0.25, -0.2) is 0 Å². The van der Waals surface area contributed by atoms with E-state index in [2.05, 4.69) is 96.3 Å². The zero-order chi connectivity index (χ0) is 31.1. The molecule has 0 fully saturated rings. The van der Waals surface area contributed by atoms with Crippen LogP contribution in [0.5, 0.6) is 0 Å². The average Bonchev–Trinajstić information content (AvgIpc) is 3.05. The second-order valence-corrected chi connectivity index (χ2v) is 12.8. The summed E-state index contributed by atoms with van der Waals surface area (Å²) in [4.78, 5) is 4.31. The summed E-state index contributed by atoms with van der Waals surface area (Å²) in [5.74, 6) is 0. The van der Waals surface area contributed by atoms with E-state index < -0.39 is 0 Å². The molecule has 0 heterocycles. The second kappa shape index (κ2) is 15.4. The standard InChI is InChI=1S/C30H22Cl2N2.C6H2Br2Cl2/c31-28-21-27(33(23-13-5-1-6-14-23)24-15-7-2-8-16-24)22-29(30(28)32)34(25-17-9-3-10-18-25)26-19-11-4-12-20-26;7-3-1-4(8)6(10)5(9)2-3/h1-22H;1-2H. The first-order valence-corrected chi connectivity index (χ1v) is 16.5. The van der Waals surface area contributed by atoms with Gasteiger partial charge in [0.1, 0.15) is 0 Å². The van der Waals surface area contributed by atoms with E-state index >= 15 is 0 Å². The van der Waals surface area contributed by atoms with Crippen molar-refractivity contribution in [2.75, 3.05) is 9.80 Å². The number of nitrogens with zero attached hydrogens (tertiary/aromatic N) is 2. The molecule has 6 rings (SSSR count). The van der Waals surface area contributed by atoms with Crippen LogP contribution in [0.1, 0.15) is 0 Å². The summed E-state index contributed by atoms with van der Waals surface area (Å²) in [6.07, 6.45) is 0. The number of hydrogen-bond acceptors (Lipinski definition) is 2. The Hall–Kier alpha value is -2.96. The first kappa shape index (κ1) is 32.4. The zero-order valence-corrected chi connectivity index (χ0v) is 29.2. The average molecular weight is 786 g/mol. The summed E-state index contributed by atoms with van der Waals surface area (Å²) in [7, 11) is 0. The zero-order valence-electron chi connectivity index (χ0n) is 23.0. The molecule has 0 aromatic heterocycles. The fourth-order valence-electron chi connectivity index (χ4n) is 4.56. The third-order valence-corrected chi connectivity index (χ3v) is 9.40. The third kappa shape index (κ3) is 7.81. The van der Waals surface area contributed by atoms with Gasteiger partial charge in [0.2, 0.25) is 0 Å². The number of para-hydroxylation sites is 4. The molecule has 8 heteroatoms. The first-order valence-electron chi connectivity index (χ1n) is 13.4. The molecule has 0 aliphatic carbocycles. The highest BCUT2D eigenvalue weighted by molar-refractivity contribution is 9.11. The molecule has 0 aliphatic rings. The minimum Gasteiger partial charge on any atom is -0.310 e. The van der Waals surface area contributed by atoms with Gasteiger partial charge < -0.3 is 9.80 Å². The Morgan fingerprint density at radius 3 is 1.18 bits per heavy atom. The second-order valence-electron chi connectivity index (χ2n) is 9.46. The van der Waals surface area contributed by atoms with Crippen molar-refractivity contribution >= 4 is 112 Å². The molecule has 6 aromatic rings. The van der Waals surface area contributed by atoms with Gasteiger partial charge in [-0.15, -0.1) is 0 Å². The molecule has 44 heavy (non-hydrogen) atoms. The van der Waals surface area contributed by atoms with E-state index in [0.29, 0.717) is 20.1 Å². The van der Waals surface area contributed by atoms with Gasteiger partial charge in [-0.05, 0) is 88.7 Å². The summed E-state index contributed by atoms with van der Waals surface area (Å²) in [5.41, 5.74) is 5.77.